The quantitative estimate of drug-likeness (QED) is 0.714. The molecule has 1 fully saturated rings. The predicted octanol–water partition coefficient (Wildman–Crippen LogP) is 2.59. The lowest BCUT2D eigenvalue weighted by Crippen LogP contribution is -2.49. The highest BCUT2D eigenvalue weighted by Gasteiger charge is 2.23. The van der Waals surface area contributed by atoms with Gasteiger partial charge in [0, 0.05) is 61.6 Å². The number of nitrogens with zero attached hydrogens (tertiary/aromatic N) is 4. The number of aromatic amines is 1. The van der Waals surface area contributed by atoms with Crippen LogP contribution < -0.4 is 10.2 Å². The van der Waals surface area contributed by atoms with Gasteiger partial charge in [-0.2, -0.15) is 4.98 Å². The van der Waals surface area contributed by atoms with Crippen LogP contribution in [-0.2, 0) is 11.2 Å². The van der Waals surface area contributed by atoms with Gasteiger partial charge in [0.25, 0.3) is 0 Å². The maximum absolute atomic E-state index is 12.8. The highest BCUT2D eigenvalue weighted by molar-refractivity contribution is 5.89. The maximum Gasteiger partial charge on any atom is 0.227 e. The number of nitrogens with one attached hydrogen (secondary N) is 2. The number of aromatic nitrogens is 3. The number of para-hydroxylation sites is 1. The highest BCUT2D eigenvalue weighted by atomic mass is 16.2. The maximum atomic E-state index is 12.8. The summed E-state index contributed by atoms with van der Waals surface area (Å²) in [4.78, 5) is 29.3. The molecule has 28 heavy (non-hydrogen) atoms. The molecule has 1 saturated heterocycles. The number of benzene rings is 1. The van der Waals surface area contributed by atoms with Crippen molar-refractivity contribution < 1.29 is 4.79 Å². The van der Waals surface area contributed by atoms with Gasteiger partial charge in [-0.1, -0.05) is 18.2 Å². The third-order valence-electron chi connectivity index (χ3n) is 5.13. The summed E-state index contributed by atoms with van der Waals surface area (Å²) >= 11 is 0. The van der Waals surface area contributed by atoms with Gasteiger partial charge in [0.1, 0.15) is 5.82 Å². The minimum atomic E-state index is 0.169. The molecule has 0 aliphatic carbocycles. The summed E-state index contributed by atoms with van der Waals surface area (Å²) < 4.78 is 0. The molecular weight excluding hydrogens is 352 g/mol. The van der Waals surface area contributed by atoms with E-state index in [9.17, 15) is 4.79 Å². The van der Waals surface area contributed by atoms with Crippen molar-refractivity contribution in [2.24, 2.45) is 0 Å². The van der Waals surface area contributed by atoms with Crippen molar-refractivity contribution >= 4 is 28.6 Å². The number of hydrogen-bond acceptors (Lipinski definition) is 5. The molecule has 0 atom stereocenters. The van der Waals surface area contributed by atoms with Crippen molar-refractivity contribution in [3.8, 4) is 0 Å². The van der Waals surface area contributed by atoms with Crippen LogP contribution in [0.1, 0.15) is 18.2 Å². The number of hydrogen-bond donors (Lipinski definition) is 2. The van der Waals surface area contributed by atoms with E-state index in [1.54, 1.807) is 0 Å². The third-order valence-corrected chi connectivity index (χ3v) is 5.13. The highest BCUT2D eigenvalue weighted by Crippen LogP contribution is 2.20. The van der Waals surface area contributed by atoms with Gasteiger partial charge in [0.05, 0.1) is 6.42 Å². The number of carbonyl (C=O) groups is 1. The topological polar surface area (TPSA) is 77.2 Å². The van der Waals surface area contributed by atoms with Crippen LogP contribution in [0.2, 0.25) is 0 Å². The van der Waals surface area contributed by atoms with Crippen LogP contribution in [0, 0.1) is 6.92 Å². The first-order valence-electron chi connectivity index (χ1n) is 9.81. The van der Waals surface area contributed by atoms with Gasteiger partial charge in [-0.25, -0.2) is 4.98 Å². The van der Waals surface area contributed by atoms with Crippen molar-refractivity contribution in [1.82, 2.24) is 19.9 Å². The average molecular weight is 378 g/mol. The Kier molecular flexibility index (Phi) is 5.14. The van der Waals surface area contributed by atoms with E-state index < -0.39 is 0 Å². The van der Waals surface area contributed by atoms with Gasteiger partial charge >= 0.3 is 0 Å². The number of aryl methyl sites for hydroxylation is 1. The lowest BCUT2D eigenvalue weighted by atomic mass is 10.1. The van der Waals surface area contributed by atoms with Gasteiger partial charge in [-0.15, -0.1) is 0 Å². The van der Waals surface area contributed by atoms with Gasteiger partial charge in [-0.3, -0.25) is 4.79 Å². The van der Waals surface area contributed by atoms with Gasteiger partial charge < -0.3 is 20.1 Å². The van der Waals surface area contributed by atoms with Gasteiger partial charge in [0.2, 0.25) is 11.9 Å². The Bertz CT molecular complexity index is 974. The lowest BCUT2D eigenvalue weighted by molar-refractivity contribution is -0.130. The average Bonchev–Trinajstić information content (AvgIpc) is 3.11. The van der Waals surface area contributed by atoms with Crippen LogP contribution in [0.3, 0.4) is 0 Å². The molecule has 1 aliphatic heterocycles. The minimum Gasteiger partial charge on any atom is -0.370 e. The summed E-state index contributed by atoms with van der Waals surface area (Å²) in [5, 5.41) is 4.37. The Morgan fingerprint density at radius 1 is 1.18 bits per heavy atom. The fraction of sp³-hybridized carbons (Fsp3) is 0.381. The van der Waals surface area contributed by atoms with Crippen LogP contribution >= 0.6 is 0 Å². The first-order chi connectivity index (χ1) is 13.6. The molecule has 4 rings (SSSR count). The van der Waals surface area contributed by atoms with Crippen LogP contribution in [0.15, 0.2) is 36.5 Å². The predicted molar refractivity (Wildman–Crippen MR) is 112 cm³/mol. The van der Waals surface area contributed by atoms with Crippen molar-refractivity contribution in [3.63, 3.8) is 0 Å². The lowest BCUT2D eigenvalue weighted by Gasteiger charge is -2.35. The molecule has 1 amide bonds. The summed E-state index contributed by atoms with van der Waals surface area (Å²) in [5.41, 5.74) is 3.07. The molecule has 2 aromatic heterocycles. The van der Waals surface area contributed by atoms with Crippen LogP contribution in [0.25, 0.3) is 10.9 Å². The Morgan fingerprint density at radius 3 is 2.75 bits per heavy atom. The summed E-state index contributed by atoms with van der Waals surface area (Å²) in [6, 6.07) is 10.0. The second-order valence-corrected chi connectivity index (χ2v) is 7.13. The number of carbonyl (C=O) groups excluding carboxylic acids is 1. The summed E-state index contributed by atoms with van der Waals surface area (Å²) in [6.07, 6.45) is 2.37. The molecule has 2 N–H and O–H groups in total. The Balaban J connectivity index is 1.39. The van der Waals surface area contributed by atoms with E-state index in [0.717, 1.165) is 53.6 Å². The molecule has 7 heteroatoms. The molecule has 0 spiro atoms. The fourth-order valence-corrected chi connectivity index (χ4v) is 3.67. The largest absolute Gasteiger partial charge is 0.370 e. The van der Waals surface area contributed by atoms with Crippen LogP contribution in [0.5, 0.6) is 0 Å². The molecular formula is C21H26N6O. The van der Waals surface area contributed by atoms with E-state index in [1.165, 1.54) is 0 Å². The molecule has 146 valence electrons. The number of rotatable bonds is 5. The number of amides is 1. The molecule has 0 bridgehead atoms. The molecule has 3 aromatic rings. The standard InChI is InChI=1S/C21H26N6O/c1-3-22-19-12-15(2)24-21(25-19)27-10-8-26(9-11-27)20(28)13-16-14-23-18-7-5-4-6-17(16)18/h4-7,12,14,23H,3,8-11,13H2,1-2H3,(H,22,24,25). The van der Waals surface area contributed by atoms with Crippen molar-refractivity contribution in [2.75, 3.05) is 42.9 Å². The molecule has 0 radical (unpaired) electrons. The Labute approximate surface area is 164 Å². The van der Waals surface area contributed by atoms with E-state index in [4.69, 9.17) is 0 Å². The normalized spacial score (nSPS) is 14.5. The second kappa shape index (κ2) is 7.88. The summed E-state index contributed by atoms with van der Waals surface area (Å²) in [6.45, 7) is 7.72. The van der Waals surface area contributed by atoms with Gasteiger partial charge in [-0.05, 0) is 25.5 Å². The smallest absolute Gasteiger partial charge is 0.227 e. The van der Waals surface area contributed by atoms with Crippen LogP contribution in [0.4, 0.5) is 11.8 Å². The van der Waals surface area contributed by atoms with Crippen LogP contribution in [-0.4, -0.2) is 58.5 Å². The monoisotopic (exact) mass is 378 g/mol. The second-order valence-electron chi connectivity index (χ2n) is 7.13. The van der Waals surface area contributed by atoms with E-state index in [2.05, 4.69) is 38.2 Å². The SMILES string of the molecule is CCNc1cc(C)nc(N2CCN(C(=O)Cc3c[nH]c4ccccc34)CC2)n1. The minimum absolute atomic E-state index is 0.169. The molecule has 7 nitrogen and oxygen atoms in total. The first-order valence-corrected chi connectivity index (χ1v) is 9.81. The zero-order valence-electron chi connectivity index (χ0n) is 16.4. The van der Waals surface area contributed by atoms with Crippen molar-refractivity contribution in [1.29, 1.82) is 0 Å². The zero-order chi connectivity index (χ0) is 19.5. The number of piperazine rings is 1. The molecule has 1 aliphatic rings. The number of fused-ring (bicyclic) bond motifs is 1. The third kappa shape index (κ3) is 3.78. The zero-order valence-corrected chi connectivity index (χ0v) is 16.4. The van der Waals surface area contributed by atoms with Crippen molar-refractivity contribution in [3.05, 3.63) is 47.8 Å². The Morgan fingerprint density at radius 2 is 1.96 bits per heavy atom. The summed E-state index contributed by atoms with van der Waals surface area (Å²) in [7, 11) is 0. The number of H-pyrrole nitrogens is 1. The summed E-state index contributed by atoms with van der Waals surface area (Å²) in [5.74, 6) is 1.76. The fourth-order valence-electron chi connectivity index (χ4n) is 3.67. The van der Waals surface area contributed by atoms with E-state index >= 15 is 0 Å². The molecule has 3 heterocycles. The number of anilines is 2. The van der Waals surface area contributed by atoms with Gasteiger partial charge in [0.15, 0.2) is 0 Å². The van der Waals surface area contributed by atoms with E-state index in [-0.39, 0.29) is 5.91 Å². The van der Waals surface area contributed by atoms with E-state index in [1.807, 2.05) is 42.3 Å². The Hall–Kier alpha value is -3.09. The molecule has 1 aromatic carbocycles. The van der Waals surface area contributed by atoms with Crippen molar-refractivity contribution in [2.45, 2.75) is 20.3 Å². The molecule has 0 saturated carbocycles. The van der Waals surface area contributed by atoms with E-state index in [0.29, 0.717) is 19.5 Å². The first kappa shape index (κ1) is 18.3. The molecule has 0 unspecified atom stereocenters.